The Bertz CT molecular complexity index is 716. The van der Waals surface area contributed by atoms with Crippen molar-refractivity contribution in [1.82, 2.24) is 15.2 Å². The highest BCUT2D eigenvalue weighted by Crippen LogP contribution is 2.22. The summed E-state index contributed by atoms with van der Waals surface area (Å²) in [6.07, 6.45) is 3.44. The minimum absolute atomic E-state index is 0.274. The Morgan fingerprint density at radius 3 is 2.61 bits per heavy atom. The first-order valence-corrected chi connectivity index (χ1v) is 5.37. The number of aromatic nitrogens is 3. The fourth-order valence-electron chi connectivity index (χ4n) is 1.80. The molecule has 2 aromatic heterocycles. The lowest BCUT2D eigenvalue weighted by Gasteiger charge is -2.01. The van der Waals surface area contributed by atoms with E-state index in [0.29, 0.717) is 0 Å². The maximum Gasteiger partial charge on any atom is 0.335 e. The number of pyridine rings is 1. The summed E-state index contributed by atoms with van der Waals surface area (Å²) in [4.78, 5) is 15.0. The van der Waals surface area contributed by atoms with Crippen LogP contribution in [0.15, 0.2) is 42.7 Å². The third kappa shape index (κ3) is 1.71. The Hall–Kier alpha value is -2.69. The fraction of sp³-hybridized carbons (Fsp3) is 0. The van der Waals surface area contributed by atoms with Crippen molar-refractivity contribution in [2.24, 2.45) is 0 Å². The van der Waals surface area contributed by atoms with Crippen LogP contribution in [0.4, 0.5) is 0 Å². The topological polar surface area (TPSA) is 78.9 Å². The van der Waals surface area contributed by atoms with Gasteiger partial charge in [0.1, 0.15) is 0 Å². The molecule has 0 fully saturated rings. The Balaban J connectivity index is 2.05. The monoisotopic (exact) mass is 239 g/mol. The van der Waals surface area contributed by atoms with E-state index in [4.69, 9.17) is 5.11 Å². The molecule has 3 rings (SSSR count). The van der Waals surface area contributed by atoms with Gasteiger partial charge in [0.15, 0.2) is 5.65 Å². The number of hydrogen-bond acceptors (Lipinski definition) is 3. The maximum absolute atomic E-state index is 10.8. The van der Waals surface area contributed by atoms with Crippen molar-refractivity contribution < 1.29 is 9.90 Å². The van der Waals surface area contributed by atoms with E-state index < -0.39 is 5.97 Å². The van der Waals surface area contributed by atoms with Gasteiger partial charge in [-0.1, -0.05) is 12.1 Å². The summed E-state index contributed by atoms with van der Waals surface area (Å²) in [6.45, 7) is 0. The third-order valence-electron chi connectivity index (χ3n) is 2.76. The number of aromatic carboxylic acids is 1. The van der Waals surface area contributed by atoms with E-state index in [9.17, 15) is 4.79 Å². The van der Waals surface area contributed by atoms with Gasteiger partial charge in [-0.2, -0.15) is 5.10 Å². The minimum Gasteiger partial charge on any atom is -0.478 e. The largest absolute Gasteiger partial charge is 0.478 e. The highest BCUT2D eigenvalue weighted by molar-refractivity contribution is 5.88. The average Bonchev–Trinajstić information content (AvgIpc) is 2.86. The second-order valence-electron chi connectivity index (χ2n) is 3.91. The second kappa shape index (κ2) is 3.96. The number of benzene rings is 1. The molecule has 88 valence electrons. The van der Waals surface area contributed by atoms with E-state index in [1.165, 1.54) is 0 Å². The highest BCUT2D eigenvalue weighted by Gasteiger charge is 2.05. The molecule has 0 amide bonds. The van der Waals surface area contributed by atoms with Gasteiger partial charge in [0.05, 0.1) is 11.8 Å². The lowest BCUT2D eigenvalue weighted by Crippen LogP contribution is -1.95. The number of carbonyl (C=O) groups is 1. The number of fused-ring (bicyclic) bond motifs is 1. The quantitative estimate of drug-likeness (QED) is 0.719. The molecule has 0 spiro atoms. The summed E-state index contributed by atoms with van der Waals surface area (Å²) < 4.78 is 0. The zero-order valence-electron chi connectivity index (χ0n) is 9.29. The van der Waals surface area contributed by atoms with Crippen LogP contribution in [-0.4, -0.2) is 26.3 Å². The van der Waals surface area contributed by atoms with Gasteiger partial charge in [0.2, 0.25) is 0 Å². The summed E-state index contributed by atoms with van der Waals surface area (Å²) in [5.74, 6) is -0.926. The summed E-state index contributed by atoms with van der Waals surface area (Å²) in [6, 6.07) is 8.66. The smallest absolute Gasteiger partial charge is 0.335 e. The lowest BCUT2D eigenvalue weighted by atomic mass is 10.1. The Kier molecular flexibility index (Phi) is 2.30. The number of nitrogens with one attached hydrogen (secondary N) is 1. The first kappa shape index (κ1) is 10.5. The van der Waals surface area contributed by atoms with E-state index >= 15 is 0 Å². The van der Waals surface area contributed by atoms with Gasteiger partial charge in [-0.15, -0.1) is 0 Å². The minimum atomic E-state index is -0.926. The molecule has 0 saturated carbocycles. The molecule has 0 atom stereocenters. The van der Waals surface area contributed by atoms with Gasteiger partial charge >= 0.3 is 5.97 Å². The molecule has 3 aromatic rings. The Morgan fingerprint density at radius 2 is 1.89 bits per heavy atom. The van der Waals surface area contributed by atoms with Crippen LogP contribution in [0.25, 0.3) is 22.2 Å². The fourth-order valence-corrected chi connectivity index (χ4v) is 1.80. The van der Waals surface area contributed by atoms with Gasteiger partial charge in [-0.3, -0.25) is 5.10 Å². The van der Waals surface area contributed by atoms with E-state index in [1.807, 2.05) is 6.07 Å². The van der Waals surface area contributed by atoms with Crippen LogP contribution in [0.1, 0.15) is 10.4 Å². The highest BCUT2D eigenvalue weighted by atomic mass is 16.4. The van der Waals surface area contributed by atoms with Crippen LogP contribution in [0.3, 0.4) is 0 Å². The first-order valence-electron chi connectivity index (χ1n) is 5.37. The van der Waals surface area contributed by atoms with Crippen molar-refractivity contribution in [2.45, 2.75) is 0 Å². The van der Waals surface area contributed by atoms with Crippen molar-refractivity contribution in [3.05, 3.63) is 48.3 Å². The lowest BCUT2D eigenvalue weighted by molar-refractivity contribution is 0.0697. The van der Waals surface area contributed by atoms with Crippen molar-refractivity contribution in [3.8, 4) is 11.1 Å². The van der Waals surface area contributed by atoms with Crippen molar-refractivity contribution in [2.75, 3.05) is 0 Å². The summed E-state index contributed by atoms with van der Waals surface area (Å²) >= 11 is 0. The van der Waals surface area contributed by atoms with Crippen LogP contribution < -0.4 is 0 Å². The molecule has 0 radical (unpaired) electrons. The first-order chi connectivity index (χ1) is 8.74. The van der Waals surface area contributed by atoms with Gasteiger partial charge < -0.3 is 5.11 Å². The molecule has 2 heterocycles. The standard InChI is InChI=1S/C13H9N3O2/c17-13(18)9-3-1-8(2-4-9)10-5-11-7-15-16-12(11)14-6-10/h1-7H,(H,17,18)(H,14,15,16). The molecule has 18 heavy (non-hydrogen) atoms. The molecule has 5 heteroatoms. The molecule has 5 nitrogen and oxygen atoms in total. The maximum atomic E-state index is 10.8. The second-order valence-corrected chi connectivity index (χ2v) is 3.91. The van der Waals surface area contributed by atoms with Crippen LogP contribution >= 0.6 is 0 Å². The molecule has 0 unspecified atom stereocenters. The SMILES string of the molecule is O=C(O)c1ccc(-c2cnc3[nH]ncc3c2)cc1. The number of carboxylic acid groups (broad SMARTS) is 1. The predicted molar refractivity (Wildman–Crippen MR) is 66.3 cm³/mol. The normalized spacial score (nSPS) is 10.7. The summed E-state index contributed by atoms with van der Waals surface area (Å²) in [5, 5.41) is 16.5. The molecular weight excluding hydrogens is 230 g/mol. The molecule has 0 bridgehead atoms. The number of H-pyrrole nitrogens is 1. The van der Waals surface area contributed by atoms with Gasteiger partial charge in [0, 0.05) is 17.1 Å². The van der Waals surface area contributed by atoms with Crippen LogP contribution in [-0.2, 0) is 0 Å². The number of hydrogen-bond donors (Lipinski definition) is 2. The van der Waals surface area contributed by atoms with Crippen LogP contribution in [0, 0.1) is 0 Å². The van der Waals surface area contributed by atoms with E-state index in [-0.39, 0.29) is 5.56 Å². The van der Waals surface area contributed by atoms with E-state index in [2.05, 4.69) is 15.2 Å². The van der Waals surface area contributed by atoms with Crippen molar-refractivity contribution >= 4 is 17.0 Å². The molecule has 0 aliphatic carbocycles. The Labute approximate surface area is 102 Å². The molecule has 0 aliphatic heterocycles. The summed E-state index contributed by atoms with van der Waals surface area (Å²) in [7, 11) is 0. The molecule has 2 N–H and O–H groups in total. The zero-order chi connectivity index (χ0) is 12.5. The number of aromatic amines is 1. The van der Waals surface area contributed by atoms with Crippen molar-refractivity contribution in [3.63, 3.8) is 0 Å². The molecular formula is C13H9N3O2. The number of nitrogens with zero attached hydrogens (tertiary/aromatic N) is 2. The van der Waals surface area contributed by atoms with E-state index in [0.717, 1.165) is 22.2 Å². The number of rotatable bonds is 2. The predicted octanol–water partition coefficient (Wildman–Crippen LogP) is 2.32. The Morgan fingerprint density at radius 1 is 1.11 bits per heavy atom. The van der Waals surface area contributed by atoms with Crippen molar-refractivity contribution in [1.29, 1.82) is 0 Å². The van der Waals surface area contributed by atoms with Gasteiger partial charge in [-0.05, 0) is 23.8 Å². The van der Waals surface area contributed by atoms with Gasteiger partial charge in [0.25, 0.3) is 0 Å². The van der Waals surface area contributed by atoms with Crippen LogP contribution in [0.5, 0.6) is 0 Å². The average molecular weight is 239 g/mol. The zero-order valence-corrected chi connectivity index (χ0v) is 9.29. The molecule has 1 aromatic carbocycles. The summed E-state index contributed by atoms with van der Waals surface area (Å²) in [5.41, 5.74) is 2.87. The third-order valence-corrected chi connectivity index (χ3v) is 2.76. The number of carboxylic acids is 1. The van der Waals surface area contributed by atoms with Crippen LogP contribution in [0.2, 0.25) is 0 Å². The van der Waals surface area contributed by atoms with Gasteiger partial charge in [-0.25, -0.2) is 9.78 Å². The van der Waals surface area contributed by atoms with E-state index in [1.54, 1.807) is 36.7 Å². The molecule has 0 aliphatic rings. The molecule has 0 saturated heterocycles.